The molecule has 1 N–H and O–H groups in total. The van der Waals surface area contributed by atoms with Crippen molar-refractivity contribution in [3.8, 4) is 11.5 Å². The van der Waals surface area contributed by atoms with Gasteiger partial charge in [0, 0.05) is 19.2 Å². The molecule has 5 heteroatoms. The standard InChI is InChI=1S/C14H20N2O3/c1-14(2)13(17)15-7-8-16(14)11-9-10(18-3)5-6-12(11)19-4/h5-6,9H,7-8H2,1-4H3,(H,15,17). The molecule has 0 radical (unpaired) electrons. The first-order chi connectivity index (χ1) is 9.00. The Hall–Kier alpha value is -1.91. The van der Waals surface area contributed by atoms with Crippen LogP contribution in [-0.2, 0) is 4.79 Å². The molecule has 1 fully saturated rings. The molecule has 1 aliphatic heterocycles. The largest absolute Gasteiger partial charge is 0.497 e. The lowest BCUT2D eigenvalue weighted by Crippen LogP contribution is -2.62. The number of hydrogen-bond donors (Lipinski definition) is 1. The van der Waals surface area contributed by atoms with Crippen molar-refractivity contribution in [1.82, 2.24) is 5.32 Å². The van der Waals surface area contributed by atoms with Gasteiger partial charge >= 0.3 is 0 Å². The van der Waals surface area contributed by atoms with E-state index >= 15 is 0 Å². The van der Waals surface area contributed by atoms with Crippen molar-refractivity contribution in [3.05, 3.63) is 18.2 Å². The van der Waals surface area contributed by atoms with Crippen LogP contribution in [0.15, 0.2) is 18.2 Å². The van der Waals surface area contributed by atoms with Crippen molar-refractivity contribution < 1.29 is 14.3 Å². The third-order valence-corrected chi connectivity index (χ3v) is 3.53. The highest BCUT2D eigenvalue weighted by molar-refractivity contribution is 5.91. The Morgan fingerprint density at radius 3 is 2.63 bits per heavy atom. The molecule has 0 spiro atoms. The second-order valence-corrected chi connectivity index (χ2v) is 5.00. The minimum absolute atomic E-state index is 0.0172. The maximum atomic E-state index is 12.0. The van der Waals surface area contributed by atoms with E-state index in [1.807, 2.05) is 36.9 Å². The van der Waals surface area contributed by atoms with Gasteiger partial charge in [0.15, 0.2) is 0 Å². The summed E-state index contributed by atoms with van der Waals surface area (Å²) < 4.78 is 10.7. The average molecular weight is 264 g/mol. The number of rotatable bonds is 3. The van der Waals surface area contributed by atoms with E-state index < -0.39 is 5.54 Å². The fourth-order valence-electron chi connectivity index (χ4n) is 2.33. The zero-order chi connectivity index (χ0) is 14.0. The van der Waals surface area contributed by atoms with Crippen LogP contribution in [0.4, 0.5) is 5.69 Å². The molecule has 1 aromatic carbocycles. The molecule has 0 atom stereocenters. The molecule has 1 amide bonds. The molecule has 0 saturated carbocycles. The number of carbonyl (C=O) groups is 1. The number of amides is 1. The van der Waals surface area contributed by atoms with E-state index in [-0.39, 0.29) is 5.91 Å². The molecule has 1 saturated heterocycles. The van der Waals surface area contributed by atoms with E-state index in [1.165, 1.54) is 0 Å². The summed E-state index contributed by atoms with van der Waals surface area (Å²) >= 11 is 0. The third kappa shape index (κ3) is 2.32. The van der Waals surface area contributed by atoms with Gasteiger partial charge in [0.05, 0.1) is 19.9 Å². The van der Waals surface area contributed by atoms with Crippen LogP contribution >= 0.6 is 0 Å². The SMILES string of the molecule is COc1ccc(OC)c(N2CCNC(=O)C2(C)C)c1. The van der Waals surface area contributed by atoms with Gasteiger partial charge in [-0.2, -0.15) is 0 Å². The molecule has 19 heavy (non-hydrogen) atoms. The Morgan fingerprint density at radius 1 is 1.26 bits per heavy atom. The summed E-state index contributed by atoms with van der Waals surface area (Å²) in [7, 11) is 3.25. The Balaban J connectivity index is 2.47. The zero-order valence-electron chi connectivity index (χ0n) is 11.8. The lowest BCUT2D eigenvalue weighted by Gasteiger charge is -2.43. The Labute approximate surface area is 113 Å². The van der Waals surface area contributed by atoms with Crippen LogP contribution in [0.3, 0.4) is 0 Å². The van der Waals surface area contributed by atoms with Crippen LogP contribution in [0.25, 0.3) is 0 Å². The topological polar surface area (TPSA) is 50.8 Å². The Bertz CT molecular complexity index is 486. The molecular weight excluding hydrogens is 244 g/mol. The predicted molar refractivity (Wildman–Crippen MR) is 74.0 cm³/mol. The maximum Gasteiger partial charge on any atom is 0.245 e. The van der Waals surface area contributed by atoms with E-state index in [4.69, 9.17) is 9.47 Å². The molecule has 1 aromatic rings. The number of carbonyl (C=O) groups excluding carboxylic acids is 1. The van der Waals surface area contributed by atoms with Crippen molar-refractivity contribution in [2.75, 3.05) is 32.2 Å². The summed E-state index contributed by atoms with van der Waals surface area (Å²) in [6.45, 7) is 5.17. The fourth-order valence-corrected chi connectivity index (χ4v) is 2.33. The van der Waals surface area contributed by atoms with E-state index in [1.54, 1.807) is 14.2 Å². The molecule has 2 rings (SSSR count). The van der Waals surface area contributed by atoms with Gasteiger partial charge in [-0.25, -0.2) is 0 Å². The Morgan fingerprint density at radius 2 is 2.00 bits per heavy atom. The molecular formula is C14H20N2O3. The van der Waals surface area contributed by atoms with Crippen molar-refractivity contribution in [2.24, 2.45) is 0 Å². The summed E-state index contributed by atoms with van der Waals surface area (Å²) in [6, 6.07) is 5.61. The fraction of sp³-hybridized carbons (Fsp3) is 0.500. The van der Waals surface area contributed by atoms with Crippen LogP contribution in [0.2, 0.25) is 0 Å². The predicted octanol–water partition coefficient (Wildman–Crippen LogP) is 1.42. The van der Waals surface area contributed by atoms with Crippen LogP contribution in [0.5, 0.6) is 11.5 Å². The number of methoxy groups -OCH3 is 2. The summed E-state index contributed by atoms with van der Waals surface area (Å²) in [5, 5.41) is 2.89. The molecule has 0 unspecified atom stereocenters. The van der Waals surface area contributed by atoms with E-state index in [9.17, 15) is 4.79 Å². The number of hydrogen-bond acceptors (Lipinski definition) is 4. The lowest BCUT2D eigenvalue weighted by molar-refractivity contribution is -0.126. The zero-order valence-corrected chi connectivity index (χ0v) is 11.8. The van der Waals surface area contributed by atoms with Gasteiger partial charge in [-0.15, -0.1) is 0 Å². The number of piperazine rings is 1. The summed E-state index contributed by atoms with van der Waals surface area (Å²) in [5.41, 5.74) is 0.263. The second kappa shape index (κ2) is 4.99. The molecule has 1 heterocycles. The molecule has 0 bridgehead atoms. The minimum atomic E-state index is -0.613. The quantitative estimate of drug-likeness (QED) is 0.897. The molecule has 5 nitrogen and oxygen atoms in total. The monoisotopic (exact) mass is 264 g/mol. The Kier molecular flexibility index (Phi) is 3.55. The second-order valence-electron chi connectivity index (χ2n) is 5.00. The summed E-state index contributed by atoms with van der Waals surface area (Å²) in [5.74, 6) is 1.50. The number of benzene rings is 1. The number of ether oxygens (including phenoxy) is 2. The van der Waals surface area contributed by atoms with Gasteiger partial charge < -0.3 is 19.7 Å². The van der Waals surface area contributed by atoms with E-state index in [0.717, 1.165) is 23.7 Å². The van der Waals surface area contributed by atoms with Gasteiger partial charge in [0.25, 0.3) is 0 Å². The highest BCUT2D eigenvalue weighted by Gasteiger charge is 2.38. The average Bonchev–Trinajstić information content (AvgIpc) is 2.41. The highest BCUT2D eigenvalue weighted by atomic mass is 16.5. The van der Waals surface area contributed by atoms with E-state index in [0.29, 0.717) is 6.54 Å². The molecule has 0 aliphatic carbocycles. The first-order valence-corrected chi connectivity index (χ1v) is 6.28. The first kappa shape index (κ1) is 13.5. The van der Waals surface area contributed by atoms with Crippen molar-refractivity contribution in [2.45, 2.75) is 19.4 Å². The van der Waals surface area contributed by atoms with Gasteiger partial charge in [-0.1, -0.05) is 0 Å². The summed E-state index contributed by atoms with van der Waals surface area (Å²) in [4.78, 5) is 14.1. The normalized spacial score (nSPS) is 17.9. The van der Waals surface area contributed by atoms with Gasteiger partial charge in [-0.05, 0) is 26.0 Å². The molecule has 104 valence electrons. The van der Waals surface area contributed by atoms with Crippen LogP contribution < -0.4 is 19.7 Å². The third-order valence-electron chi connectivity index (χ3n) is 3.53. The first-order valence-electron chi connectivity index (χ1n) is 6.28. The lowest BCUT2D eigenvalue weighted by atomic mass is 9.97. The highest BCUT2D eigenvalue weighted by Crippen LogP contribution is 2.36. The van der Waals surface area contributed by atoms with Gasteiger partial charge in [0.2, 0.25) is 5.91 Å². The minimum Gasteiger partial charge on any atom is -0.497 e. The van der Waals surface area contributed by atoms with Crippen molar-refractivity contribution >= 4 is 11.6 Å². The number of nitrogens with one attached hydrogen (secondary N) is 1. The van der Waals surface area contributed by atoms with Crippen molar-refractivity contribution in [3.63, 3.8) is 0 Å². The van der Waals surface area contributed by atoms with Crippen LogP contribution in [0, 0.1) is 0 Å². The van der Waals surface area contributed by atoms with Gasteiger partial charge in [0.1, 0.15) is 17.0 Å². The number of anilines is 1. The smallest absolute Gasteiger partial charge is 0.245 e. The van der Waals surface area contributed by atoms with E-state index in [2.05, 4.69) is 5.32 Å². The van der Waals surface area contributed by atoms with Crippen LogP contribution in [-0.4, -0.2) is 38.8 Å². The number of nitrogens with zero attached hydrogens (tertiary/aromatic N) is 1. The summed E-state index contributed by atoms with van der Waals surface area (Å²) in [6.07, 6.45) is 0. The van der Waals surface area contributed by atoms with Crippen LogP contribution in [0.1, 0.15) is 13.8 Å². The molecule has 0 aromatic heterocycles. The van der Waals surface area contributed by atoms with Crippen molar-refractivity contribution in [1.29, 1.82) is 0 Å². The molecule has 1 aliphatic rings. The van der Waals surface area contributed by atoms with Gasteiger partial charge in [-0.3, -0.25) is 4.79 Å². The maximum absolute atomic E-state index is 12.0.